The molecule has 0 spiro atoms. The van der Waals surface area contributed by atoms with Gasteiger partial charge in [-0.05, 0) is 56.2 Å². The number of sulfonamides is 1. The molecule has 0 unspecified atom stereocenters. The van der Waals surface area contributed by atoms with Crippen molar-refractivity contribution >= 4 is 33.5 Å². The van der Waals surface area contributed by atoms with E-state index in [1.807, 2.05) is 45.0 Å². The van der Waals surface area contributed by atoms with Crippen LogP contribution in [0.15, 0.2) is 53.4 Å². The van der Waals surface area contributed by atoms with Crippen LogP contribution in [0.1, 0.15) is 53.9 Å². The lowest BCUT2D eigenvalue weighted by atomic mass is 10.2. The number of hydrogen-bond donors (Lipinski definition) is 1. The summed E-state index contributed by atoms with van der Waals surface area (Å²) in [4.78, 5) is 13.3. The quantitative estimate of drug-likeness (QED) is 0.449. The Morgan fingerprint density at radius 2 is 1.68 bits per heavy atom. The highest BCUT2D eigenvalue weighted by Gasteiger charge is 2.26. The Kier molecular flexibility index (Phi) is 7.45. The van der Waals surface area contributed by atoms with Crippen LogP contribution in [0.3, 0.4) is 0 Å². The standard InChI is InChI=1S/C25H30N4O3S2/c1-4-14-28(15-5-2)34(31,32)21-12-8-19(9-13-21)25(30)26-24-22-16-33-17-23(22)27-29(24)20-10-6-18(3)7-11-20/h6-13H,4-5,14-17H2,1-3H3,(H,26,30). The maximum Gasteiger partial charge on any atom is 0.256 e. The van der Waals surface area contributed by atoms with E-state index in [-0.39, 0.29) is 10.8 Å². The van der Waals surface area contributed by atoms with E-state index >= 15 is 0 Å². The van der Waals surface area contributed by atoms with Crippen molar-refractivity contribution in [2.75, 3.05) is 18.4 Å². The monoisotopic (exact) mass is 498 g/mol. The average Bonchev–Trinajstić information content (AvgIpc) is 3.42. The highest BCUT2D eigenvalue weighted by atomic mass is 32.2. The Morgan fingerprint density at radius 1 is 1.03 bits per heavy atom. The Morgan fingerprint density at radius 3 is 2.29 bits per heavy atom. The molecular formula is C25H30N4O3S2. The van der Waals surface area contributed by atoms with Crippen LogP contribution in [0, 0.1) is 6.92 Å². The fourth-order valence-electron chi connectivity index (χ4n) is 3.97. The predicted octanol–water partition coefficient (Wildman–Crippen LogP) is 4.99. The first-order chi connectivity index (χ1) is 16.3. The molecule has 0 fully saturated rings. The van der Waals surface area contributed by atoms with Gasteiger partial charge in [-0.1, -0.05) is 31.5 Å². The van der Waals surface area contributed by atoms with Gasteiger partial charge in [0.05, 0.1) is 16.3 Å². The number of carbonyl (C=O) groups excluding carboxylic acids is 1. The maximum atomic E-state index is 13.1. The van der Waals surface area contributed by atoms with Gasteiger partial charge in [-0.15, -0.1) is 0 Å². The van der Waals surface area contributed by atoms with E-state index in [4.69, 9.17) is 5.10 Å². The van der Waals surface area contributed by atoms with E-state index in [2.05, 4.69) is 5.32 Å². The second-order valence-electron chi connectivity index (χ2n) is 8.40. The van der Waals surface area contributed by atoms with Crippen molar-refractivity contribution in [3.63, 3.8) is 0 Å². The number of benzene rings is 2. The zero-order valence-electron chi connectivity index (χ0n) is 19.7. The summed E-state index contributed by atoms with van der Waals surface area (Å²) in [7, 11) is -3.59. The van der Waals surface area contributed by atoms with Crippen LogP contribution in [0.25, 0.3) is 5.69 Å². The molecule has 1 aromatic heterocycles. The Balaban J connectivity index is 1.59. The van der Waals surface area contributed by atoms with Crippen molar-refractivity contribution in [2.45, 2.75) is 50.0 Å². The van der Waals surface area contributed by atoms with Crippen LogP contribution in [-0.4, -0.2) is 41.5 Å². The van der Waals surface area contributed by atoms with E-state index in [0.717, 1.165) is 46.9 Å². The number of carbonyl (C=O) groups is 1. The molecule has 1 aliphatic heterocycles. The third-order valence-electron chi connectivity index (χ3n) is 5.76. The Labute approximate surface area is 205 Å². The summed E-state index contributed by atoms with van der Waals surface area (Å²) in [6.07, 6.45) is 1.49. The number of hydrogen-bond acceptors (Lipinski definition) is 5. The number of aryl methyl sites for hydroxylation is 1. The number of rotatable bonds is 9. The van der Waals surface area contributed by atoms with Gasteiger partial charge in [-0.3, -0.25) is 4.79 Å². The van der Waals surface area contributed by atoms with Gasteiger partial charge in [0.15, 0.2) is 0 Å². The minimum absolute atomic E-state index is 0.202. The minimum Gasteiger partial charge on any atom is -0.306 e. The van der Waals surface area contributed by atoms with Crippen LogP contribution < -0.4 is 5.32 Å². The van der Waals surface area contributed by atoms with Gasteiger partial charge in [0.1, 0.15) is 5.82 Å². The van der Waals surface area contributed by atoms with Gasteiger partial charge < -0.3 is 5.32 Å². The van der Waals surface area contributed by atoms with E-state index in [1.165, 1.54) is 16.4 Å². The first kappa shape index (κ1) is 24.5. The molecule has 0 aliphatic carbocycles. The number of aromatic nitrogens is 2. The number of anilines is 1. The molecule has 1 aliphatic rings. The number of nitrogens with one attached hydrogen (secondary N) is 1. The summed E-state index contributed by atoms with van der Waals surface area (Å²) < 4.78 is 29.3. The zero-order valence-corrected chi connectivity index (χ0v) is 21.4. The summed E-state index contributed by atoms with van der Waals surface area (Å²) in [5.41, 5.74) is 4.44. The van der Waals surface area contributed by atoms with Gasteiger partial charge in [0.2, 0.25) is 10.0 Å². The molecule has 7 nitrogen and oxygen atoms in total. The summed E-state index contributed by atoms with van der Waals surface area (Å²) in [6, 6.07) is 14.2. The highest BCUT2D eigenvalue weighted by Crippen LogP contribution is 2.36. The zero-order chi connectivity index (χ0) is 24.3. The van der Waals surface area contributed by atoms with Crippen molar-refractivity contribution in [2.24, 2.45) is 0 Å². The molecule has 3 aromatic rings. The van der Waals surface area contributed by atoms with E-state index < -0.39 is 10.0 Å². The predicted molar refractivity (Wildman–Crippen MR) is 137 cm³/mol. The molecule has 4 rings (SSSR count). The third-order valence-corrected chi connectivity index (χ3v) is 8.65. The lowest BCUT2D eigenvalue weighted by Crippen LogP contribution is -2.32. The molecule has 34 heavy (non-hydrogen) atoms. The molecule has 2 aromatic carbocycles. The highest BCUT2D eigenvalue weighted by molar-refractivity contribution is 7.98. The fraction of sp³-hybridized carbons (Fsp3) is 0.360. The molecule has 0 saturated carbocycles. The number of amides is 1. The Bertz CT molecular complexity index is 1260. The van der Waals surface area contributed by atoms with Crippen molar-refractivity contribution in [3.05, 3.63) is 70.9 Å². The molecule has 2 heterocycles. The maximum absolute atomic E-state index is 13.1. The lowest BCUT2D eigenvalue weighted by molar-refractivity contribution is 0.102. The first-order valence-corrected chi connectivity index (χ1v) is 14.1. The molecule has 1 N–H and O–H groups in total. The van der Waals surface area contributed by atoms with Gasteiger partial charge in [-0.2, -0.15) is 21.2 Å². The summed E-state index contributed by atoms with van der Waals surface area (Å²) in [6.45, 7) is 6.90. The summed E-state index contributed by atoms with van der Waals surface area (Å²) in [5, 5.41) is 7.76. The minimum atomic E-state index is -3.59. The lowest BCUT2D eigenvalue weighted by Gasteiger charge is -2.21. The molecule has 0 atom stereocenters. The van der Waals surface area contributed by atoms with Gasteiger partial charge in [-0.25, -0.2) is 13.1 Å². The molecule has 1 amide bonds. The number of fused-ring (bicyclic) bond motifs is 1. The molecule has 9 heteroatoms. The van der Waals surface area contributed by atoms with Crippen LogP contribution in [-0.2, 0) is 21.5 Å². The van der Waals surface area contributed by atoms with E-state index in [1.54, 1.807) is 28.6 Å². The van der Waals surface area contributed by atoms with Crippen molar-refractivity contribution in [3.8, 4) is 5.69 Å². The van der Waals surface area contributed by atoms with Crippen molar-refractivity contribution in [1.82, 2.24) is 14.1 Å². The molecule has 180 valence electrons. The van der Waals surface area contributed by atoms with Crippen LogP contribution in [0.2, 0.25) is 0 Å². The summed E-state index contributed by atoms with van der Waals surface area (Å²) in [5.74, 6) is 1.98. The number of thioether (sulfide) groups is 1. The molecule has 0 saturated heterocycles. The Hall–Kier alpha value is -2.62. The van der Waals surface area contributed by atoms with Crippen molar-refractivity contribution < 1.29 is 13.2 Å². The molecular weight excluding hydrogens is 468 g/mol. The smallest absolute Gasteiger partial charge is 0.256 e. The second kappa shape index (κ2) is 10.3. The normalized spacial score (nSPS) is 13.3. The van der Waals surface area contributed by atoms with Gasteiger partial charge in [0.25, 0.3) is 5.91 Å². The van der Waals surface area contributed by atoms with Crippen LogP contribution >= 0.6 is 11.8 Å². The summed E-state index contributed by atoms with van der Waals surface area (Å²) >= 11 is 1.77. The first-order valence-electron chi connectivity index (χ1n) is 11.5. The van der Waals surface area contributed by atoms with Gasteiger partial charge >= 0.3 is 0 Å². The topological polar surface area (TPSA) is 84.3 Å². The second-order valence-corrected chi connectivity index (χ2v) is 11.3. The molecule has 0 bridgehead atoms. The van der Waals surface area contributed by atoms with Crippen molar-refractivity contribution in [1.29, 1.82) is 0 Å². The van der Waals surface area contributed by atoms with Crippen LogP contribution in [0.4, 0.5) is 5.82 Å². The third kappa shape index (κ3) is 4.92. The largest absolute Gasteiger partial charge is 0.306 e. The average molecular weight is 499 g/mol. The SMILES string of the molecule is CCCN(CCC)S(=O)(=O)c1ccc(C(=O)Nc2c3c(nn2-c2ccc(C)cc2)CSC3)cc1. The molecule has 0 radical (unpaired) electrons. The van der Waals surface area contributed by atoms with E-state index in [9.17, 15) is 13.2 Å². The van der Waals surface area contributed by atoms with Crippen LogP contribution in [0.5, 0.6) is 0 Å². The number of nitrogens with zero attached hydrogens (tertiary/aromatic N) is 3. The fourth-order valence-corrected chi connectivity index (χ4v) is 6.63. The van der Waals surface area contributed by atoms with Gasteiger partial charge in [0, 0.05) is 35.7 Å². The van der Waals surface area contributed by atoms with E-state index in [0.29, 0.717) is 24.5 Å².